The van der Waals surface area contributed by atoms with Crippen molar-refractivity contribution in [2.45, 2.75) is 52.4 Å². The Morgan fingerprint density at radius 1 is 1.45 bits per heavy atom. The average molecular weight is 280 g/mol. The lowest BCUT2D eigenvalue weighted by Gasteiger charge is -2.26. The van der Waals surface area contributed by atoms with Gasteiger partial charge in [-0.25, -0.2) is 0 Å². The smallest absolute Gasteiger partial charge is 0.151 e. The highest BCUT2D eigenvalue weighted by Gasteiger charge is 2.21. The molecule has 5 heteroatoms. The van der Waals surface area contributed by atoms with Crippen LogP contribution in [0.5, 0.6) is 0 Å². The van der Waals surface area contributed by atoms with Crippen molar-refractivity contribution < 1.29 is 4.52 Å². The van der Waals surface area contributed by atoms with Gasteiger partial charge in [0, 0.05) is 37.8 Å². The molecule has 20 heavy (non-hydrogen) atoms. The third-order valence-corrected chi connectivity index (χ3v) is 3.84. The second kappa shape index (κ2) is 7.20. The molecule has 1 aliphatic rings. The summed E-state index contributed by atoms with van der Waals surface area (Å²) in [7, 11) is 2.20. The lowest BCUT2D eigenvalue weighted by Crippen LogP contribution is -2.37. The molecule has 0 spiro atoms. The first-order chi connectivity index (χ1) is 9.54. The maximum atomic E-state index is 5.47. The zero-order valence-corrected chi connectivity index (χ0v) is 13.2. The van der Waals surface area contributed by atoms with Crippen molar-refractivity contribution >= 4 is 0 Å². The van der Waals surface area contributed by atoms with Gasteiger partial charge in [0.25, 0.3) is 0 Å². The monoisotopic (exact) mass is 280 g/mol. The van der Waals surface area contributed by atoms with Gasteiger partial charge >= 0.3 is 0 Å². The van der Waals surface area contributed by atoms with E-state index >= 15 is 0 Å². The summed E-state index contributed by atoms with van der Waals surface area (Å²) in [5, 5.41) is 7.50. The summed E-state index contributed by atoms with van der Waals surface area (Å²) < 4.78 is 5.47. The zero-order valence-electron chi connectivity index (χ0n) is 13.2. The quantitative estimate of drug-likeness (QED) is 0.889. The zero-order chi connectivity index (χ0) is 14.5. The molecule has 0 aliphatic carbocycles. The Kier molecular flexibility index (Phi) is 5.57. The Labute approximate surface area is 122 Å². The van der Waals surface area contributed by atoms with E-state index in [2.05, 4.69) is 54.2 Å². The standard InChI is InChI=1S/C15H28N4O/c1-12(2)16-9-14-8-15(20-17-14)11-19-7-5-6-18(4)10-13(19)3/h8,12-13,16H,5-7,9-11H2,1-4H3. The van der Waals surface area contributed by atoms with Gasteiger partial charge in [0.15, 0.2) is 5.76 Å². The van der Waals surface area contributed by atoms with Crippen molar-refractivity contribution in [2.75, 3.05) is 26.7 Å². The van der Waals surface area contributed by atoms with E-state index in [0.29, 0.717) is 12.1 Å². The maximum absolute atomic E-state index is 5.47. The van der Waals surface area contributed by atoms with Gasteiger partial charge in [0.05, 0.1) is 12.2 Å². The molecular formula is C15H28N4O. The Bertz CT molecular complexity index is 404. The predicted molar refractivity (Wildman–Crippen MR) is 80.5 cm³/mol. The molecule has 1 unspecified atom stereocenters. The molecule has 1 atom stereocenters. The summed E-state index contributed by atoms with van der Waals surface area (Å²) in [6.07, 6.45) is 1.22. The molecule has 1 saturated heterocycles. The van der Waals surface area contributed by atoms with Gasteiger partial charge in [-0.1, -0.05) is 19.0 Å². The van der Waals surface area contributed by atoms with E-state index in [1.54, 1.807) is 0 Å². The van der Waals surface area contributed by atoms with Crippen LogP contribution < -0.4 is 5.32 Å². The first-order valence-electron chi connectivity index (χ1n) is 7.65. The first kappa shape index (κ1) is 15.5. The number of hydrogen-bond acceptors (Lipinski definition) is 5. The minimum Gasteiger partial charge on any atom is -0.360 e. The van der Waals surface area contributed by atoms with E-state index in [9.17, 15) is 0 Å². The van der Waals surface area contributed by atoms with Gasteiger partial charge < -0.3 is 14.7 Å². The molecular weight excluding hydrogens is 252 g/mol. The van der Waals surface area contributed by atoms with Gasteiger partial charge in [0.2, 0.25) is 0 Å². The fourth-order valence-electron chi connectivity index (χ4n) is 2.68. The first-order valence-corrected chi connectivity index (χ1v) is 7.65. The third kappa shape index (κ3) is 4.58. The van der Waals surface area contributed by atoms with Crippen molar-refractivity contribution in [3.63, 3.8) is 0 Å². The minimum absolute atomic E-state index is 0.469. The van der Waals surface area contributed by atoms with E-state index in [4.69, 9.17) is 4.52 Å². The van der Waals surface area contributed by atoms with Crippen LogP contribution in [0.15, 0.2) is 10.6 Å². The second-order valence-corrected chi connectivity index (χ2v) is 6.26. The predicted octanol–water partition coefficient (Wildman–Crippen LogP) is 1.70. The van der Waals surface area contributed by atoms with E-state index in [1.807, 2.05) is 0 Å². The molecule has 0 saturated carbocycles. The molecule has 2 rings (SSSR count). The van der Waals surface area contributed by atoms with Crippen LogP contribution in [0.3, 0.4) is 0 Å². The number of rotatable bonds is 5. The molecule has 1 aromatic rings. The molecule has 0 amide bonds. The molecule has 114 valence electrons. The number of nitrogens with one attached hydrogen (secondary N) is 1. The van der Waals surface area contributed by atoms with Crippen molar-refractivity contribution in [1.29, 1.82) is 0 Å². The molecule has 0 aromatic carbocycles. The SMILES string of the molecule is CC(C)NCc1cc(CN2CCCN(C)CC2C)on1. The van der Waals surface area contributed by atoms with Crippen LogP contribution >= 0.6 is 0 Å². The van der Waals surface area contributed by atoms with E-state index < -0.39 is 0 Å². The molecule has 1 fully saturated rings. The van der Waals surface area contributed by atoms with Crippen LogP contribution in [0, 0.1) is 0 Å². The fraction of sp³-hybridized carbons (Fsp3) is 0.800. The van der Waals surface area contributed by atoms with Crippen LogP contribution in [-0.4, -0.2) is 53.7 Å². The number of hydrogen-bond donors (Lipinski definition) is 1. The maximum Gasteiger partial charge on any atom is 0.151 e. The van der Waals surface area contributed by atoms with Crippen molar-refractivity contribution in [3.8, 4) is 0 Å². The van der Waals surface area contributed by atoms with Gasteiger partial charge in [-0.15, -0.1) is 0 Å². The summed E-state index contributed by atoms with van der Waals surface area (Å²) in [4.78, 5) is 4.90. The van der Waals surface area contributed by atoms with Gasteiger partial charge in [-0.05, 0) is 26.9 Å². The summed E-state index contributed by atoms with van der Waals surface area (Å²) in [6, 6.07) is 3.11. The Morgan fingerprint density at radius 2 is 2.25 bits per heavy atom. The number of aromatic nitrogens is 1. The topological polar surface area (TPSA) is 44.5 Å². The van der Waals surface area contributed by atoms with Crippen molar-refractivity contribution in [2.24, 2.45) is 0 Å². The highest BCUT2D eigenvalue weighted by atomic mass is 16.5. The minimum atomic E-state index is 0.469. The molecule has 0 radical (unpaired) electrons. The van der Waals surface area contributed by atoms with Gasteiger partial charge in [-0.2, -0.15) is 0 Å². The summed E-state index contributed by atoms with van der Waals surface area (Å²) in [5.41, 5.74) is 0.994. The molecule has 2 heterocycles. The van der Waals surface area contributed by atoms with Crippen LogP contribution in [0.1, 0.15) is 38.6 Å². The normalized spacial score (nSPS) is 22.4. The van der Waals surface area contributed by atoms with Crippen LogP contribution in [0.4, 0.5) is 0 Å². The summed E-state index contributed by atoms with van der Waals surface area (Å²) in [6.45, 7) is 11.6. The van der Waals surface area contributed by atoms with Crippen molar-refractivity contribution in [3.05, 3.63) is 17.5 Å². The van der Waals surface area contributed by atoms with Crippen LogP contribution in [-0.2, 0) is 13.1 Å². The van der Waals surface area contributed by atoms with Crippen LogP contribution in [0.25, 0.3) is 0 Å². The number of likely N-dealkylation sites (N-methyl/N-ethyl adjacent to an activating group) is 1. The van der Waals surface area contributed by atoms with Gasteiger partial charge in [0.1, 0.15) is 0 Å². The fourth-order valence-corrected chi connectivity index (χ4v) is 2.68. The van der Waals surface area contributed by atoms with E-state index in [1.165, 1.54) is 13.0 Å². The summed E-state index contributed by atoms with van der Waals surface area (Å²) in [5.74, 6) is 0.974. The number of nitrogens with zero attached hydrogens (tertiary/aromatic N) is 3. The van der Waals surface area contributed by atoms with Gasteiger partial charge in [-0.3, -0.25) is 4.90 Å². The lowest BCUT2D eigenvalue weighted by molar-refractivity contribution is 0.175. The van der Waals surface area contributed by atoms with E-state index in [-0.39, 0.29) is 0 Å². The average Bonchev–Trinajstić information content (AvgIpc) is 2.76. The van der Waals surface area contributed by atoms with Crippen LogP contribution in [0.2, 0.25) is 0 Å². The molecule has 1 aromatic heterocycles. The third-order valence-electron chi connectivity index (χ3n) is 3.84. The highest BCUT2D eigenvalue weighted by Crippen LogP contribution is 2.14. The molecule has 5 nitrogen and oxygen atoms in total. The molecule has 1 N–H and O–H groups in total. The molecule has 1 aliphatic heterocycles. The lowest BCUT2D eigenvalue weighted by atomic mass is 10.2. The van der Waals surface area contributed by atoms with Crippen molar-refractivity contribution in [1.82, 2.24) is 20.3 Å². The summed E-state index contributed by atoms with van der Waals surface area (Å²) >= 11 is 0. The molecule has 0 bridgehead atoms. The Hall–Kier alpha value is -0.910. The van der Waals surface area contributed by atoms with E-state index in [0.717, 1.165) is 37.6 Å². The second-order valence-electron chi connectivity index (χ2n) is 6.26. The largest absolute Gasteiger partial charge is 0.360 e. The highest BCUT2D eigenvalue weighted by molar-refractivity contribution is 5.05. The Morgan fingerprint density at radius 3 is 3.00 bits per heavy atom. The Balaban J connectivity index is 1.89.